The van der Waals surface area contributed by atoms with Crippen molar-refractivity contribution in [3.63, 3.8) is 0 Å². The molecule has 0 atom stereocenters. The molecular weight excluding hydrogens is 342 g/mol. The molecule has 0 saturated carbocycles. The molecule has 0 aliphatic heterocycles. The maximum absolute atomic E-state index is 12.2. The van der Waals surface area contributed by atoms with Gasteiger partial charge in [-0.3, -0.25) is 9.52 Å². The number of halogens is 2. The predicted molar refractivity (Wildman–Crippen MR) is 85.9 cm³/mol. The number of sulfonamides is 1. The van der Waals surface area contributed by atoms with E-state index in [1.807, 2.05) is 0 Å². The quantitative estimate of drug-likeness (QED) is 0.833. The topological polar surface area (TPSA) is 84.5 Å². The Morgan fingerprint density at radius 2 is 1.71 bits per heavy atom. The zero-order valence-corrected chi connectivity index (χ0v) is 13.3. The van der Waals surface area contributed by atoms with E-state index in [1.165, 1.54) is 48.5 Å². The van der Waals surface area contributed by atoms with Crippen LogP contribution in [-0.2, 0) is 10.0 Å². The van der Waals surface area contributed by atoms with Crippen molar-refractivity contribution in [2.45, 2.75) is 6.61 Å². The molecule has 0 aliphatic carbocycles. The minimum atomic E-state index is -3.38. The molecule has 0 aromatic heterocycles. The van der Waals surface area contributed by atoms with Crippen molar-refractivity contribution in [1.29, 1.82) is 0 Å². The average Bonchev–Trinajstić information content (AvgIpc) is 2.47. The normalized spacial score (nSPS) is 11.2. The maximum Gasteiger partial charge on any atom is 0.387 e. The molecule has 0 radical (unpaired) electrons. The lowest BCUT2D eigenvalue weighted by molar-refractivity contribution is -0.0498. The number of ether oxygens (including phenoxy) is 1. The van der Waals surface area contributed by atoms with Gasteiger partial charge in [-0.25, -0.2) is 8.42 Å². The highest BCUT2D eigenvalue weighted by Gasteiger charge is 2.10. The molecule has 0 unspecified atom stereocenters. The van der Waals surface area contributed by atoms with E-state index < -0.39 is 22.5 Å². The second kappa shape index (κ2) is 7.26. The molecule has 2 aromatic carbocycles. The first-order valence-electron chi connectivity index (χ1n) is 6.67. The van der Waals surface area contributed by atoms with Crippen LogP contribution in [0.25, 0.3) is 0 Å². The summed E-state index contributed by atoms with van der Waals surface area (Å²) in [6.07, 6.45) is 1.02. The Hall–Kier alpha value is -2.68. The molecule has 0 saturated heterocycles. The van der Waals surface area contributed by atoms with Gasteiger partial charge in [-0.1, -0.05) is 6.07 Å². The van der Waals surface area contributed by atoms with Crippen LogP contribution in [0.5, 0.6) is 5.75 Å². The van der Waals surface area contributed by atoms with Gasteiger partial charge in [0.1, 0.15) is 5.75 Å². The number of amides is 1. The van der Waals surface area contributed by atoms with Crippen LogP contribution in [0.4, 0.5) is 20.2 Å². The number of carbonyl (C=O) groups is 1. The van der Waals surface area contributed by atoms with Gasteiger partial charge in [-0.15, -0.1) is 0 Å². The summed E-state index contributed by atoms with van der Waals surface area (Å²) in [6.45, 7) is -2.97. The van der Waals surface area contributed by atoms with Crippen molar-refractivity contribution in [2.75, 3.05) is 16.3 Å². The lowest BCUT2D eigenvalue weighted by atomic mass is 10.2. The number of carbonyl (C=O) groups excluding carboxylic acids is 1. The van der Waals surface area contributed by atoms with E-state index in [9.17, 15) is 22.0 Å². The Morgan fingerprint density at radius 1 is 1.08 bits per heavy atom. The third kappa shape index (κ3) is 5.51. The number of alkyl halides is 2. The van der Waals surface area contributed by atoms with Gasteiger partial charge in [0.05, 0.1) is 6.26 Å². The molecule has 1 amide bonds. The van der Waals surface area contributed by atoms with Gasteiger partial charge in [-0.05, 0) is 42.5 Å². The number of nitrogens with one attached hydrogen (secondary N) is 2. The summed E-state index contributed by atoms with van der Waals surface area (Å²) in [5.41, 5.74) is 0.911. The first-order valence-corrected chi connectivity index (χ1v) is 8.56. The van der Waals surface area contributed by atoms with Crippen molar-refractivity contribution in [3.05, 3.63) is 54.1 Å². The van der Waals surface area contributed by atoms with E-state index in [4.69, 9.17) is 0 Å². The molecular formula is C15H14F2N2O4S. The van der Waals surface area contributed by atoms with Gasteiger partial charge in [0, 0.05) is 16.9 Å². The number of hydrogen-bond donors (Lipinski definition) is 2. The zero-order chi connectivity index (χ0) is 17.7. The van der Waals surface area contributed by atoms with E-state index in [-0.39, 0.29) is 11.3 Å². The largest absolute Gasteiger partial charge is 0.435 e. The van der Waals surface area contributed by atoms with Crippen LogP contribution in [0.2, 0.25) is 0 Å². The van der Waals surface area contributed by atoms with Crippen LogP contribution in [0, 0.1) is 0 Å². The van der Waals surface area contributed by atoms with Gasteiger partial charge < -0.3 is 10.1 Å². The summed E-state index contributed by atoms with van der Waals surface area (Å²) in [6, 6.07) is 11.4. The smallest absolute Gasteiger partial charge is 0.387 e. The zero-order valence-electron chi connectivity index (χ0n) is 12.5. The molecule has 2 N–H and O–H groups in total. The Morgan fingerprint density at radius 3 is 2.29 bits per heavy atom. The molecule has 0 heterocycles. The van der Waals surface area contributed by atoms with Crippen LogP contribution in [0.15, 0.2) is 48.5 Å². The fourth-order valence-electron chi connectivity index (χ4n) is 1.85. The Balaban J connectivity index is 2.07. The molecule has 2 aromatic rings. The van der Waals surface area contributed by atoms with Crippen LogP contribution >= 0.6 is 0 Å². The molecule has 2 rings (SSSR count). The molecule has 0 aliphatic rings. The number of anilines is 2. The van der Waals surface area contributed by atoms with Crippen molar-refractivity contribution < 1.29 is 26.7 Å². The summed E-state index contributed by atoms with van der Waals surface area (Å²) in [5, 5.41) is 2.57. The van der Waals surface area contributed by atoms with Crippen LogP contribution in [0.3, 0.4) is 0 Å². The number of rotatable bonds is 6. The Bertz CT molecular complexity index is 824. The highest BCUT2D eigenvalue weighted by atomic mass is 32.2. The van der Waals surface area contributed by atoms with Gasteiger partial charge in [0.25, 0.3) is 5.91 Å². The maximum atomic E-state index is 12.2. The van der Waals surface area contributed by atoms with Gasteiger partial charge in [-0.2, -0.15) is 8.78 Å². The molecule has 24 heavy (non-hydrogen) atoms. The van der Waals surface area contributed by atoms with Crippen molar-refractivity contribution >= 4 is 27.3 Å². The Kier molecular flexibility index (Phi) is 5.35. The number of hydrogen-bond acceptors (Lipinski definition) is 4. The average molecular weight is 356 g/mol. The van der Waals surface area contributed by atoms with E-state index in [2.05, 4.69) is 14.8 Å². The summed E-state index contributed by atoms with van der Waals surface area (Å²) in [7, 11) is -3.38. The molecule has 0 fully saturated rings. The number of benzene rings is 2. The minimum absolute atomic E-state index is 0.120. The Labute approximate surface area is 137 Å². The van der Waals surface area contributed by atoms with Gasteiger partial charge in [0.15, 0.2) is 0 Å². The van der Waals surface area contributed by atoms with Crippen molar-refractivity contribution in [1.82, 2.24) is 0 Å². The molecule has 6 nitrogen and oxygen atoms in total. The van der Waals surface area contributed by atoms with Crippen LogP contribution in [0.1, 0.15) is 10.4 Å². The lowest BCUT2D eigenvalue weighted by Gasteiger charge is -2.09. The first-order chi connectivity index (χ1) is 11.2. The van der Waals surface area contributed by atoms with Gasteiger partial charge >= 0.3 is 6.61 Å². The third-order valence-electron chi connectivity index (χ3n) is 2.77. The standard InChI is InChI=1S/C15H14F2N2O4S/c1-24(21,22)19-12-7-5-11(6-8-12)18-14(20)10-3-2-4-13(9-10)23-15(16)17/h2-9,15,19H,1H3,(H,18,20). The third-order valence-corrected chi connectivity index (χ3v) is 3.37. The monoisotopic (exact) mass is 356 g/mol. The lowest BCUT2D eigenvalue weighted by Crippen LogP contribution is -2.13. The highest BCUT2D eigenvalue weighted by Crippen LogP contribution is 2.18. The summed E-state index contributed by atoms with van der Waals surface area (Å²) < 4.78 is 53.1. The molecule has 128 valence electrons. The second-order valence-corrected chi connectivity index (χ2v) is 6.56. The molecule has 9 heteroatoms. The fourth-order valence-corrected chi connectivity index (χ4v) is 2.42. The fraction of sp³-hybridized carbons (Fsp3) is 0.133. The molecule has 0 spiro atoms. The SMILES string of the molecule is CS(=O)(=O)Nc1ccc(NC(=O)c2cccc(OC(F)F)c2)cc1. The summed E-state index contributed by atoms with van der Waals surface area (Å²) in [5.74, 6) is -0.635. The van der Waals surface area contributed by atoms with Crippen molar-refractivity contribution in [3.8, 4) is 5.75 Å². The van der Waals surface area contributed by atoms with Crippen LogP contribution < -0.4 is 14.8 Å². The summed E-state index contributed by atoms with van der Waals surface area (Å²) >= 11 is 0. The van der Waals surface area contributed by atoms with Gasteiger partial charge in [0.2, 0.25) is 10.0 Å². The van der Waals surface area contributed by atoms with E-state index in [0.717, 1.165) is 6.26 Å². The predicted octanol–water partition coefficient (Wildman–Crippen LogP) is 2.91. The van der Waals surface area contributed by atoms with Crippen molar-refractivity contribution in [2.24, 2.45) is 0 Å². The summed E-state index contributed by atoms with van der Waals surface area (Å²) in [4.78, 5) is 12.1. The first kappa shape index (κ1) is 17.7. The second-order valence-electron chi connectivity index (χ2n) is 4.81. The van der Waals surface area contributed by atoms with E-state index in [1.54, 1.807) is 0 Å². The molecule has 0 bridgehead atoms. The highest BCUT2D eigenvalue weighted by molar-refractivity contribution is 7.92. The minimum Gasteiger partial charge on any atom is -0.435 e. The van der Waals surface area contributed by atoms with E-state index in [0.29, 0.717) is 11.4 Å². The van der Waals surface area contributed by atoms with E-state index >= 15 is 0 Å². The van der Waals surface area contributed by atoms with Crippen LogP contribution in [-0.4, -0.2) is 27.2 Å².